The summed E-state index contributed by atoms with van der Waals surface area (Å²) in [5, 5.41) is 21.7. The minimum atomic E-state index is 0.0188. The van der Waals surface area contributed by atoms with Crippen molar-refractivity contribution >= 4 is 11.0 Å². The van der Waals surface area contributed by atoms with E-state index in [1.165, 1.54) is 6.07 Å². The predicted octanol–water partition coefficient (Wildman–Crippen LogP) is 1.41. The van der Waals surface area contributed by atoms with Crippen LogP contribution >= 0.6 is 0 Å². The van der Waals surface area contributed by atoms with Crippen LogP contribution in [0.3, 0.4) is 0 Å². The van der Waals surface area contributed by atoms with Gasteiger partial charge in [-0.1, -0.05) is 11.2 Å². The third kappa shape index (κ3) is 0.736. The van der Waals surface area contributed by atoms with Crippen LogP contribution in [-0.4, -0.2) is 10.3 Å². The van der Waals surface area contributed by atoms with Crippen LogP contribution < -0.4 is 0 Å². The average molecular weight is 160 g/mol. The summed E-state index contributed by atoms with van der Waals surface area (Å²) in [6, 6.07) is 6.58. The van der Waals surface area contributed by atoms with Crippen molar-refractivity contribution in [3.8, 4) is 11.8 Å². The lowest BCUT2D eigenvalue weighted by atomic mass is 10.2. The molecule has 0 fully saturated rings. The number of hydrogen-bond donors (Lipinski definition) is 1. The van der Waals surface area contributed by atoms with Gasteiger partial charge in [0.1, 0.15) is 17.2 Å². The molecule has 0 bridgehead atoms. The second kappa shape index (κ2) is 2.24. The van der Waals surface area contributed by atoms with E-state index in [1.54, 1.807) is 12.1 Å². The van der Waals surface area contributed by atoms with E-state index in [0.717, 1.165) is 0 Å². The van der Waals surface area contributed by atoms with Gasteiger partial charge in [0.05, 0.1) is 0 Å². The lowest BCUT2D eigenvalue weighted by Crippen LogP contribution is -1.73. The Hall–Kier alpha value is -2.02. The highest BCUT2D eigenvalue weighted by molar-refractivity contribution is 5.87. The van der Waals surface area contributed by atoms with Gasteiger partial charge in [-0.05, 0) is 12.1 Å². The zero-order valence-corrected chi connectivity index (χ0v) is 5.98. The first-order valence-electron chi connectivity index (χ1n) is 3.30. The molecule has 1 aromatic carbocycles. The monoisotopic (exact) mass is 160 g/mol. The second-order valence-corrected chi connectivity index (χ2v) is 2.29. The summed E-state index contributed by atoms with van der Waals surface area (Å²) in [4.78, 5) is 0. The third-order valence-electron chi connectivity index (χ3n) is 1.58. The molecule has 4 nitrogen and oxygen atoms in total. The average Bonchev–Trinajstić information content (AvgIpc) is 2.49. The molecule has 1 N–H and O–H groups in total. The van der Waals surface area contributed by atoms with Gasteiger partial charge in [0.2, 0.25) is 0 Å². The van der Waals surface area contributed by atoms with E-state index >= 15 is 0 Å². The molecule has 0 spiro atoms. The molecular weight excluding hydrogens is 156 g/mol. The fourth-order valence-corrected chi connectivity index (χ4v) is 1.05. The number of phenols is 1. The van der Waals surface area contributed by atoms with Crippen LogP contribution in [0.2, 0.25) is 0 Å². The Morgan fingerprint density at radius 2 is 2.33 bits per heavy atom. The quantitative estimate of drug-likeness (QED) is 0.632. The Morgan fingerprint density at radius 3 is 3.08 bits per heavy atom. The summed E-state index contributed by atoms with van der Waals surface area (Å²) in [7, 11) is 0. The van der Waals surface area contributed by atoms with E-state index in [4.69, 9.17) is 9.78 Å². The summed E-state index contributed by atoms with van der Waals surface area (Å²) in [6.07, 6.45) is 0. The molecule has 58 valence electrons. The van der Waals surface area contributed by atoms with Crippen LogP contribution in [0.25, 0.3) is 11.0 Å². The first kappa shape index (κ1) is 6.68. The molecule has 12 heavy (non-hydrogen) atoms. The zero-order valence-electron chi connectivity index (χ0n) is 5.98. The van der Waals surface area contributed by atoms with Gasteiger partial charge in [0.15, 0.2) is 11.3 Å². The van der Waals surface area contributed by atoms with Gasteiger partial charge in [-0.15, -0.1) is 0 Å². The number of aromatic hydroxyl groups is 1. The second-order valence-electron chi connectivity index (χ2n) is 2.29. The molecule has 0 unspecified atom stereocenters. The number of benzene rings is 1. The molecule has 1 aromatic heterocycles. The molecule has 4 heteroatoms. The number of aromatic nitrogens is 1. The highest BCUT2D eigenvalue weighted by Gasteiger charge is 2.10. The molecule has 0 saturated heterocycles. The van der Waals surface area contributed by atoms with Crippen LogP contribution in [0.1, 0.15) is 5.69 Å². The van der Waals surface area contributed by atoms with Crippen LogP contribution in [0, 0.1) is 11.3 Å². The highest BCUT2D eigenvalue weighted by Crippen LogP contribution is 2.26. The first-order chi connectivity index (χ1) is 5.83. The molecule has 2 rings (SSSR count). The molecule has 1 heterocycles. The molecule has 2 aromatic rings. The minimum Gasteiger partial charge on any atom is -0.507 e. The molecule has 0 atom stereocenters. The van der Waals surface area contributed by atoms with E-state index in [0.29, 0.717) is 11.0 Å². The molecule has 0 aliphatic rings. The van der Waals surface area contributed by atoms with Crippen molar-refractivity contribution in [1.82, 2.24) is 5.16 Å². The lowest BCUT2D eigenvalue weighted by Gasteiger charge is -1.89. The van der Waals surface area contributed by atoms with Gasteiger partial charge in [0, 0.05) is 0 Å². The number of phenolic OH excluding ortho intramolecular Hbond substituents is 1. The van der Waals surface area contributed by atoms with Gasteiger partial charge < -0.3 is 9.63 Å². The number of rotatable bonds is 0. The van der Waals surface area contributed by atoms with Gasteiger partial charge in [0.25, 0.3) is 0 Å². The van der Waals surface area contributed by atoms with Gasteiger partial charge in [-0.3, -0.25) is 0 Å². The van der Waals surface area contributed by atoms with Gasteiger partial charge in [-0.2, -0.15) is 5.26 Å². The molecule has 0 radical (unpaired) electrons. The lowest BCUT2D eigenvalue weighted by molar-refractivity contribution is 0.453. The van der Waals surface area contributed by atoms with Crippen molar-refractivity contribution in [3.63, 3.8) is 0 Å². The first-order valence-corrected chi connectivity index (χ1v) is 3.30. The molecule has 0 saturated carbocycles. The normalized spacial score (nSPS) is 9.92. The Bertz CT molecular complexity index is 467. The summed E-state index contributed by atoms with van der Waals surface area (Å²) in [5.41, 5.74) is 0.537. The minimum absolute atomic E-state index is 0.0188. The number of fused-ring (bicyclic) bond motifs is 1. The Balaban J connectivity index is 2.95. The Morgan fingerprint density at radius 1 is 1.50 bits per heavy atom. The summed E-state index contributed by atoms with van der Waals surface area (Å²) in [6.45, 7) is 0. The SMILES string of the molecule is N#Cc1noc2cccc(O)c12. The third-order valence-corrected chi connectivity index (χ3v) is 1.58. The molecular formula is C8H4N2O2. The maximum atomic E-state index is 9.32. The van der Waals surface area contributed by atoms with Crippen molar-refractivity contribution in [2.75, 3.05) is 0 Å². The maximum absolute atomic E-state index is 9.32. The largest absolute Gasteiger partial charge is 0.507 e. The Kier molecular flexibility index (Phi) is 1.25. The van der Waals surface area contributed by atoms with Crippen molar-refractivity contribution < 1.29 is 9.63 Å². The molecule has 0 aliphatic carbocycles. The standard InChI is InChI=1S/C8H4N2O2/c9-4-5-8-6(11)2-1-3-7(8)12-10-5/h1-3,11H. The van der Waals surface area contributed by atoms with Crippen molar-refractivity contribution in [3.05, 3.63) is 23.9 Å². The summed E-state index contributed by atoms with van der Waals surface area (Å²) in [5.74, 6) is 0.0188. The van der Waals surface area contributed by atoms with Crippen LogP contribution in [0.5, 0.6) is 5.75 Å². The molecule has 0 aliphatic heterocycles. The fraction of sp³-hybridized carbons (Fsp3) is 0. The van der Waals surface area contributed by atoms with E-state index in [2.05, 4.69) is 5.16 Å². The van der Waals surface area contributed by atoms with Crippen LogP contribution in [0.15, 0.2) is 22.7 Å². The summed E-state index contributed by atoms with van der Waals surface area (Å²) < 4.78 is 4.79. The van der Waals surface area contributed by atoms with Crippen molar-refractivity contribution in [2.24, 2.45) is 0 Å². The Labute approximate surface area is 67.6 Å². The zero-order chi connectivity index (χ0) is 8.55. The molecule has 0 amide bonds. The van der Waals surface area contributed by atoms with Gasteiger partial charge >= 0.3 is 0 Å². The number of hydrogen-bond acceptors (Lipinski definition) is 4. The number of nitrogens with zero attached hydrogens (tertiary/aromatic N) is 2. The van der Waals surface area contributed by atoms with Crippen molar-refractivity contribution in [1.29, 1.82) is 5.26 Å². The van der Waals surface area contributed by atoms with E-state index in [-0.39, 0.29) is 11.4 Å². The maximum Gasteiger partial charge on any atom is 0.195 e. The fourth-order valence-electron chi connectivity index (χ4n) is 1.05. The highest BCUT2D eigenvalue weighted by atomic mass is 16.5. The van der Waals surface area contributed by atoms with E-state index < -0.39 is 0 Å². The smallest absolute Gasteiger partial charge is 0.195 e. The topological polar surface area (TPSA) is 70.0 Å². The van der Waals surface area contributed by atoms with Crippen LogP contribution in [0.4, 0.5) is 0 Å². The van der Waals surface area contributed by atoms with Crippen LogP contribution in [-0.2, 0) is 0 Å². The van der Waals surface area contributed by atoms with Crippen molar-refractivity contribution in [2.45, 2.75) is 0 Å². The predicted molar refractivity (Wildman–Crippen MR) is 40.4 cm³/mol. The summed E-state index contributed by atoms with van der Waals surface area (Å²) >= 11 is 0. The van der Waals surface area contributed by atoms with E-state index in [9.17, 15) is 5.11 Å². The van der Waals surface area contributed by atoms with E-state index in [1.807, 2.05) is 6.07 Å². The van der Waals surface area contributed by atoms with Gasteiger partial charge in [-0.25, -0.2) is 0 Å². The number of nitriles is 1.